The summed E-state index contributed by atoms with van der Waals surface area (Å²) >= 11 is 0. The minimum atomic E-state index is 0.0964. The van der Waals surface area contributed by atoms with Crippen LogP contribution in [0.25, 0.3) is 16.6 Å². The summed E-state index contributed by atoms with van der Waals surface area (Å²) in [7, 11) is 0. The van der Waals surface area contributed by atoms with Gasteiger partial charge in [0.1, 0.15) is 0 Å². The highest BCUT2D eigenvalue weighted by atomic mass is 16.5. The molecule has 1 N–H and O–H groups in total. The van der Waals surface area contributed by atoms with E-state index in [4.69, 9.17) is 14.8 Å². The maximum absolute atomic E-state index is 12.9. The van der Waals surface area contributed by atoms with Gasteiger partial charge in [-0.3, -0.25) is 9.69 Å². The van der Waals surface area contributed by atoms with Crippen molar-refractivity contribution in [3.05, 3.63) is 41.2 Å². The zero-order chi connectivity index (χ0) is 22.8. The maximum Gasteiger partial charge on any atom is 0.220 e. The number of fused-ring (bicyclic) bond motifs is 3. The Morgan fingerprint density at radius 2 is 1.88 bits per heavy atom. The molecule has 3 heterocycles. The molecular formula is C26H35N5O2. The zero-order valence-corrected chi connectivity index (χ0v) is 19.9. The Balaban J connectivity index is 1.27. The molecular weight excluding hydrogens is 414 g/mol. The average Bonchev–Trinajstić information content (AvgIpc) is 3.22. The quantitative estimate of drug-likeness (QED) is 0.623. The molecule has 33 heavy (non-hydrogen) atoms. The molecule has 2 aromatic heterocycles. The second-order valence-electron chi connectivity index (χ2n) is 9.67. The third-order valence-corrected chi connectivity index (χ3v) is 7.70. The fourth-order valence-corrected chi connectivity index (χ4v) is 5.78. The van der Waals surface area contributed by atoms with Crippen LogP contribution in [0.4, 0.5) is 0 Å². The van der Waals surface area contributed by atoms with Gasteiger partial charge < -0.3 is 10.1 Å². The van der Waals surface area contributed by atoms with Crippen LogP contribution in [0, 0.1) is 13.8 Å². The van der Waals surface area contributed by atoms with E-state index in [1.165, 1.54) is 32.1 Å². The second kappa shape index (κ2) is 9.39. The first kappa shape index (κ1) is 22.3. The summed E-state index contributed by atoms with van der Waals surface area (Å²) in [5, 5.41) is 9.10. The van der Waals surface area contributed by atoms with Crippen LogP contribution in [-0.4, -0.2) is 63.8 Å². The molecule has 5 rings (SSSR count). The predicted molar refractivity (Wildman–Crippen MR) is 130 cm³/mol. The van der Waals surface area contributed by atoms with E-state index in [-0.39, 0.29) is 11.4 Å². The zero-order valence-electron chi connectivity index (χ0n) is 19.9. The first-order chi connectivity index (χ1) is 16.1. The lowest BCUT2D eigenvalue weighted by atomic mass is 9.79. The lowest BCUT2D eigenvalue weighted by Gasteiger charge is -2.48. The van der Waals surface area contributed by atoms with Crippen LogP contribution in [0.15, 0.2) is 24.3 Å². The number of aromatic nitrogens is 3. The molecule has 1 aromatic carbocycles. The first-order valence-electron chi connectivity index (χ1n) is 12.4. The first-order valence-corrected chi connectivity index (χ1v) is 12.4. The number of nitrogens with zero attached hydrogens (tertiary/aromatic N) is 4. The molecule has 2 aliphatic rings. The lowest BCUT2D eigenvalue weighted by molar-refractivity contribution is -0.122. The van der Waals surface area contributed by atoms with Gasteiger partial charge in [0.25, 0.3) is 0 Å². The fourth-order valence-electron chi connectivity index (χ4n) is 5.78. The van der Waals surface area contributed by atoms with Gasteiger partial charge in [-0.15, -0.1) is 0 Å². The molecule has 1 aliphatic carbocycles. The molecule has 1 saturated carbocycles. The number of ether oxygens (including phenoxy) is 1. The summed E-state index contributed by atoms with van der Waals surface area (Å²) in [5.74, 6) is 0.123. The van der Waals surface area contributed by atoms with Gasteiger partial charge in [-0.1, -0.05) is 31.4 Å². The molecule has 0 unspecified atom stereocenters. The highest BCUT2D eigenvalue weighted by Crippen LogP contribution is 2.34. The van der Waals surface area contributed by atoms with Crippen LogP contribution in [0.2, 0.25) is 0 Å². The van der Waals surface area contributed by atoms with Crippen LogP contribution in [0.5, 0.6) is 0 Å². The van der Waals surface area contributed by atoms with E-state index in [2.05, 4.69) is 23.2 Å². The molecule has 7 nitrogen and oxygen atoms in total. The molecule has 1 aliphatic heterocycles. The van der Waals surface area contributed by atoms with E-state index < -0.39 is 0 Å². The van der Waals surface area contributed by atoms with Crippen molar-refractivity contribution in [1.29, 1.82) is 0 Å². The minimum Gasteiger partial charge on any atom is -0.379 e. The molecule has 0 atom stereocenters. The Bertz CT molecular complexity index is 1140. The van der Waals surface area contributed by atoms with Crippen molar-refractivity contribution in [2.75, 3.05) is 32.8 Å². The smallest absolute Gasteiger partial charge is 0.220 e. The summed E-state index contributed by atoms with van der Waals surface area (Å²) in [6.07, 6.45) is 7.27. The molecule has 3 aromatic rings. The van der Waals surface area contributed by atoms with Gasteiger partial charge in [0.2, 0.25) is 5.91 Å². The number of amides is 1. The van der Waals surface area contributed by atoms with Crippen molar-refractivity contribution in [2.45, 2.75) is 64.3 Å². The number of carbonyl (C=O) groups excluding carboxylic acids is 1. The van der Waals surface area contributed by atoms with E-state index in [0.717, 1.165) is 66.3 Å². The number of benzene rings is 1. The maximum atomic E-state index is 12.9. The number of hydrogen-bond donors (Lipinski definition) is 1. The number of carbonyl (C=O) groups is 1. The third kappa shape index (κ3) is 4.36. The number of morpholine rings is 1. The van der Waals surface area contributed by atoms with Crippen molar-refractivity contribution >= 4 is 22.5 Å². The summed E-state index contributed by atoms with van der Waals surface area (Å²) in [6, 6.07) is 8.09. The molecule has 2 fully saturated rings. The molecule has 7 heteroatoms. The molecule has 176 valence electrons. The Hall–Kier alpha value is -2.51. The summed E-state index contributed by atoms with van der Waals surface area (Å²) < 4.78 is 7.51. The monoisotopic (exact) mass is 449 g/mol. The van der Waals surface area contributed by atoms with E-state index in [9.17, 15) is 4.79 Å². The fraction of sp³-hybridized carbons (Fsp3) is 0.577. The average molecular weight is 450 g/mol. The number of hydrogen-bond acceptors (Lipinski definition) is 5. The lowest BCUT2D eigenvalue weighted by Crippen LogP contribution is -2.59. The SMILES string of the molecule is Cc1nc2c3ccccc3nn2c(C)c1CCC(=O)NCC1(N2CCOCC2)CCCCC1. The number of rotatable bonds is 6. The molecule has 0 radical (unpaired) electrons. The van der Waals surface area contributed by atoms with Gasteiger partial charge in [-0.05, 0) is 50.8 Å². The van der Waals surface area contributed by atoms with Gasteiger partial charge in [0.05, 0.1) is 18.7 Å². The van der Waals surface area contributed by atoms with Crippen LogP contribution < -0.4 is 5.32 Å². The molecule has 0 spiro atoms. The largest absolute Gasteiger partial charge is 0.379 e. The number of aryl methyl sites for hydroxylation is 2. The Kier molecular flexibility index (Phi) is 6.34. The summed E-state index contributed by atoms with van der Waals surface area (Å²) in [6.45, 7) is 8.40. The molecule has 1 amide bonds. The van der Waals surface area contributed by atoms with E-state index >= 15 is 0 Å². The van der Waals surface area contributed by atoms with Crippen LogP contribution >= 0.6 is 0 Å². The Morgan fingerprint density at radius 1 is 1.12 bits per heavy atom. The van der Waals surface area contributed by atoms with Crippen molar-refractivity contribution in [3.63, 3.8) is 0 Å². The van der Waals surface area contributed by atoms with Crippen molar-refractivity contribution in [2.24, 2.45) is 0 Å². The highest BCUT2D eigenvalue weighted by Gasteiger charge is 2.38. The van der Waals surface area contributed by atoms with Crippen LogP contribution in [-0.2, 0) is 16.0 Å². The standard InChI is InChI=1S/C26H35N5O2/c1-19-21(20(2)31-25(28-19)22-8-4-5-9-23(22)29-31)10-11-24(32)27-18-26(12-6-3-7-13-26)30-14-16-33-17-15-30/h4-5,8-9H,3,6-7,10-18H2,1-2H3,(H,27,32). The normalized spacial score (nSPS) is 19.2. The molecule has 0 bridgehead atoms. The van der Waals surface area contributed by atoms with Crippen molar-refractivity contribution in [1.82, 2.24) is 24.8 Å². The van der Waals surface area contributed by atoms with Crippen molar-refractivity contribution < 1.29 is 9.53 Å². The van der Waals surface area contributed by atoms with Gasteiger partial charge >= 0.3 is 0 Å². The van der Waals surface area contributed by atoms with Gasteiger partial charge in [0, 0.05) is 48.4 Å². The number of nitrogens with one attached hydrogen (secondary N) is 1. The van der Waals surface area contributed by atoms with Gasteiger partial charge in [0.15, 0.2) is 5.65 Å². The topological polar surface area (TPSA) is 71.8 Å². The van der Waals surface area contributed by atoms with Gasteiger partial charge in [-0.25, -0.2) is 9.50 Å². The summed E-state index contributed by atoms with van der Waals surface area (Å²) in [5.41, 5.74) is 5.10. The Morgan fingerprint density at radius 3 is 2.67 bits per heavy atom. The van der Waals surface area contributed by atoms with E-state index in [1.807, 2.05) is 29.6 Å². The highest BCUT2D eigenvalue weighted by molar-refractivity contribution is 5.92. The second-order valence-corrected chi connectivity index (χ2v) is 9.67. The van der Waals surface area contributed by atoms with Crippen LogP contribution in [0.1, 0.15) is 55.5 Å². The third-order valence-electron chi connectivity index (χ3n) is 7.70. The van der Waals surface area contributed by atoms with Crippen LogP contribution in [0.3, 0.4) is 0 Å². The van der Waals surface area contributed by atoms with E-state index in [1.54, 1.807) is 0 Å². The van der Waals surface area contributed by atoms with Crippen molar-refractivity contribution in [3.8, 4) is 0 Å². The van der Waals surface area contributed by atoms with E-state index in [0.29, 0.717) is 12.8 Å². The minimum absolute atomic E-state index is 0.0964. The van der Waals surface area contributed by atoms with Gasteiger partial charge in [-0.2, -0.15) is 5.10 Å². The predicted octanol–water partition coefficient (Wildman–Crippen LogP) is 3.58. The molecule has 1 saturated heterocycles. The Labute approximate surface area is 195 Å². The summed E-state index contributed by atoms with van der Waals surface area (Å²) in [4.78, 5) is 20.3.